The summed E-state index contributed by atoms with van der Waals surface area (Å²) in [5.41, 5.74) is 49.3. The lowest BCUT2D eigenvalue weighted by atomic mass is 9.99. The minimum absolute atomic E-state index is 0.00211. The number of amides is 17. The van der Waals surface area contributed by atoms with Crippen molar-refractivity contribution in [2.75, 3.05) is 39.3 Å². The van der Waals surface area contributed by atoms with E-state index in [0.717, 1.165) is 0 Å². The number of carbonyl (C=O) groups is 17. The average molecular weight is 2000 g/mol. The van der Waals surface area contributed by atoms with Crippen molar-refractivity contribution in [2.24, 2.45) is 69.5 Å². The van der Waals surface area contributed by atoms with E-state index in [2.05, 4.69) is 90.1 Å². The van der Waals surface area contributed by atoms with Crippen molar-refractivity contribution in [3.05, 3.63) is 108 Å². The third kappa shape index (κ3) is 46.5. The average Bonchev–Trinajstić information content (AvgIpc) is 1.68. The van der Waals surface area contributed by atoms with Crippen LogP contribution in [0.2, 0.25) is 0 Å². The van der Waals surface area contributed by atoms with Gasteiger partial charge in [0.2, 0.25) is 100 Å². The minimum Gasteiger partial charge on any atom is -0.368 e. The minimum atomic E-state index is -1.47. The van der Waals surface area contributed by atoms with E-state index in [1.54, 1.807) is 119 Å². The molecule has 0 aliphatic carbocycles. The number of unbranched alkanes of at least 4 members (excludes halogenated alkanes) is 6. The highest BCUT2D eigenvalue weighted by Gasteiger charge is 2.40. The van der Waals surface area contributed by atoms with E-state index in [-0.39, 0.29) is 133 Å². The molecule has 798 valence electrons. The summed E-state index contributed by atoms with van der Waals surface area (Å²) in [5, 5.41) is 44.6. The summed E-state index contributed by atoms with van der Waals surface area (Å²) in [7, 11) is 0. The lowest BCUT2D eigenvalue weighted by Gasteiger charge is -2.29. The molecule has 0 spiro atoms. The van der Waals surface area contributed by atoms with Crippen molar-refractivity contribution in [3.63, 3.8) is 0 Å². The molecule has 0 saturated heterocycles. The molecule has 17 atom stereocenters. The van der Waals surface area contributed by atoms with Crippen molar-refractivity contribution >= 4 is 111 Å². The second-order valence-corrected chi connectivity index (χ2v) is 38.8. The van der Waals surface area contributed by atoms with Crippen LogP contribution in [0.3, 0.4) is 0 Å². The zero-order valence-electron chi connectivity index (χ0n) is 85.8. The predicted octanol–water partition coefficient (Wildman–Crippen LogP) is -0.197. The van der Waals surface area contributed by atoms with Crippen LogP contribution in [0, 0.1) is 23.7 Å². The van der Waals surface area contributed by atoms with Crippen LogP contribution < -0.4 is 131 Å². The fourth-order valence-electron chi connectivity index (χ4n) is 16.0. The zero-order chi connectivity index (χ0) is 106. The van der Waals surface area contributed by atoms with Crippen molar-refractivity contribution < 1.29 is 81.5 Å². The van der Waals surface area contributed by atoms with Crippen molar-refractivity contribution in [3.8, 4) is 0 Å². The van der Waals surface area contributed by atoms with Crippen LogP contribution in [-0.2, 0) is 101 Å². The van der Waals surface area contributed by atoms with E-state index in [9.17, 15) is 76.7 Å². The third-order valence-corrected chi connectivity index (χ3v) is 24.2. The van der Waals surface area contributed by atoms with Crippen LogP contribution in [0.4, 0.5) is 0 Å². The Morgan fingerprint density at radius 1 is 0.245 bits per heavy atom. The lowest BCUT2D eigenvalue weighted by molar-refractivity contribution is -0.136. The number of primary amides is 1. The number of para-hydroxylation sites is 1. The van der Waals surface area contributed by atoms with Gasteiger partial charge >= 0.3 is 0 Å². The molecule has 0 bridgehead atoms. The Morgan fingerprint density at radius 3 is 0.783 bits per heavy atom. The van der Waals surface area contributed by atoms with E-state index < -0.39 is 203 Å². The molecule has 17 amide bonds. The highest BCUT2D eigenvalue weighted by Crippen LogP contribution is 2.22. The van der Waals surface area contributed by atoms with Crippen LogP contribution in [0.1, 0.15) is 241 Å². The molecule has 0 unspecified atom stereocenters. The van der Waals surface area contributed by atoms with E-state index in [1.165, 1.54) is 27.7 Å². The molecule has 42 heteroatoms. The molecule has 1 aromatic heterocycles. The van der Waals surface area contributed by atoms with E-state index in [1.807, 2.05) is 27.7 Å². The first-order chi connectivity index (χ1) is 68.0. The first-order valence-electron chi connectivity index (χ1n) is 50.7. The Hall–Kier alpha value is -12.1. The molecule has 33 N–H and O–H groups in total. The molecule has 0 aliphatic heterocycles. The van der Waals surface area contributed by atoms with Gasteiger partial charge in [0.15, 0.2) is 0 Å². The molecule has 3 aromatic carbocycles. The molecule has 4 aromatic rings. The Balaban J connectivity index is 1.62. The zero-order valence-corrected chi connectivity index (χ0v) is 85.8. The number of aromatic amines is 1. The maximum absolute atomic E-state index is 15.1. The van der Waals surface area contributed by atoms with Crippen LogP contribution in [0.5, 0.6) is 0 Å². The maximum Gasteiger partial charge on any atom is 0.243 e. The van der Waals surface area contributed by atoms with Crippen molar-refractivity contribution in [1.82, 2.24) is 90.1 Å². The molecule has 0 aliphatic rings. The molecule has 4 rings (SSSR count). The van der Waals surface area contributed by atoms with E-state index in [4.69, 9.17) is 45.9 Å². The summed E-state index contributed by atoms with van der Waals surface area (Å²) in [5.74, 6) is -13.9. The second kappa shape index (κ2) is 66.7. The van der Waals surface area contributed by atoms with Gasteiger partial charge in [-0.25, -0.2) is 0 Å². The number of rotatable bonds is 71. The number of hydrogen-bond acceptors (Lipinski definition) is 24. The smallest absolute Gasteiger partial charge is 0.243 e. The SMILES string of the molecule is CC(C)C[C@H](NC(=O)[C@H](C)NC(=O)[C@H](CCCCN)NC(=O)[C@H](Cc1ccccc1)NC(=O)[C@H](CC(C)C)NC(=O)[C@H](CCCCN)NC(=O)[C@H](C)NC(=O)[C@H](Cc1c[nH]c2ccccc12)NC(=O)[C@H](C)NC(=O)[C@H](CCCCN)NC(=O)[C@H](CC(C)C)NC(=O)[C@H](Cc1ccccc1)NC(=O)[C@H](CCCCN)NC(=O)[C@H](CCCCN)NC(=O)[C@H](CC(C)C)NC(=O)[C@H](C)NC(=O)[C@@H](N)CCCCN)C(N)=O. The number of hydrogen-bond donors (Lipinski definition) is 25. The number of H-pyrrole nitrogens is 1. The first-order valence-corrected chi connectivity index (χ1v) is 50.7. The monoisotopic (exact) mass is 2000 g/mol. The Bertz CT molecular complexity index is 4660. The normalized spacial score (nSPS) is 15.0. The second-order valence-electron chi connectivity index (χ2n) is 38.8. The van der Waals surface area contributed by atoms with Crippen LogP contribution >= 0.6 is 0 Å². The standard InChI is InChI=1S/C101H167N25O17/c1-59(2)51-78(85(109)127)120-87(129)65(11)112-92(134)74(41-23-29-47-104)118-100(142)82(55-67-33-15-13-16-34-67)126-99(141)81(54-62(7)8)123-94(136)75(42-24-30-48-105)115-86(128)64(10)114-96(138)84(57-69-58-110-72-39-20-19-37-70(69)72)122-89(131)66(12)113-91(133)73(40-22-28-46-103)117-98(140)80(53-61(5)6)124-101(143)83(56-68-35-17-14-18-36-68)125-95(137)77(44-26-32-50-107)116-93(135)76(43-25-31-49-106)119-97(139)79(52-60(3)4)121-88(130)63(9)111-90(132)71(108)38-21-27-45-102/h13-20,33-37,39,58-66,71,73-84,110H,21-32,38,40-57,102-108H2,1-12H3,(H2,109,127)(H,111,132)(H,112,134)(H,113,133)(H,114,138)(H,115,128)(H,116,135)(H,117,140)(H,118,142)(H,119,139)(H,120,129)(H,121,130)(H,122,131)(H,123,136)(H,124,143)(H,125,137)(H,126,141)/t63-,64-,65-,66-,71-,73-,74-,75-,76-,77-,78-,79-,80-,81-,82-,83-,84-/m0/s1. The van der Waals surface area contributed by atoms with Gasteiger partial charge in [0.1, 0.15) is 96.7 Å². The van der Waals surface area contributed by atoms with Crippen LogP contribution in [0.15, 0.2) is 91.1 Å². The van der Waals surface area contributed by atoms with Gasteiger partial charge in [-0.15, -0.1) is 0 Å². The molecular weight excluding hydrogens is 1840 g/mol. The van der Waals surface area contributed by atoms with Gasteiger partial charge in [0.25, 0.3) is 0 Å². The number of nitrogens with one attached hydrogen (secondary N) is 17. The van der Waals surface area contributed by atoms with Gasteiger partial charge in [-0.1, -0.05) is 141 Å². The third-order valence-electron chi connectivity index (χ3n) is 24.2. The molecule has 143 heavy (non-hydrogen) atoms. The molecule has 0 saturated carbocycles. The van der Waals surface area contributed by atoms with Gasteiger partial charge in [-0.2, -0.15) is 0 Å². The largest absolute Gasteiger partial charge is 0.368 e. The first kappa shape index (κ1) is 123. The van der Waals surface area contributed by atoms with E-state index >= 15 is 4.79 Å². The van der Waals surface area contributed by atoms with Gasteiger partial charge < -0.3 is 136 Å². The maximum atomic E-state index is 15.1. The number of carbonyl (C=O) groups excluding carboxylic acids is 17. The summed E-state index contributed by atoms with van der Waals surface area (Å²) in [6, 6.07) is 2.75. The summed E-state index contributed by atoms with van der Waals surface area (Å²) in [6.45, 7) is 21.7. The van der Waals surface area contributed by atoms with Gasteiger partial charge in [0.05, 0.1) is 6.04 Å². The van der Waals surface area contributed by atoms with Gasteiger partial charge in [-0.05, 0) is 248 Å². The fourth-order valence-corrected chi connectivity index (χ4v) is 16.0. The number of fused-ring (bicyclic) bond motifs is 1. The molecular formula is C101H167N25O17. The molecule has 0 fully saturated rings. The summed E-state index contributed by atoms with van der Waals surface area (Å²) < 4.78 is 0. The van der Waals surface area contributed by atoms with Gasteiger partial charge in [-0.3, -0.25) is 81.5 Å². The summed E-state index contributed by atoms with van der Waals surface area (Å²) >= 11 is 0. The van der Waals surface area contributed by atoms with Crippen molar-refractivity contribution in [2.45, 2.75) is 346 Å². The lowest BCUT2D eigenvalue weighted by Crippen LogP contribution is -2.61. The molecule has 0 radical (unpaired) electrons. The Labute approximate surface area is 841 Å². The topological polar surface area (TPSA) is 707 Å². The fraction of sp³-hybridized carbons (Fsp3) is 0.634. The summed E-state index contributed by atoms with van der Waals surface area (Å²) in [4.78, 5) is 247. The Morgan fingerprint density at radius 2 is 0.469 bits per heavy atom. The highest BCUT2D eigenvalue weighted by molar-refractivity contribution is 6.02. The molecule has 1 heterocycles. The highest BCUT2D eigenvalue weighted by atomic mass is 16.2. The van der Waals surface area contributed by atoms with Gasteiger partial charge in [0, 0.05) is 36.4 Å². The predicted molar refractivity (Wildman–Crippen MR) is 548 cm³/mol. The quantitative estimate of drug-likeness (QED) is 0.0255. The van der Waals surface area contributed by atoms with E-state index in [0.29, 0.717) is 118 Å². The summed E-state index contributed by atoms with van der Waals surface area (Å²) in [6.07, 6.45) is 7.17. The van der Waals surface area contributed by atoms with Crippen LogP contribution in [0.25, 0.3) is 10.9 Å². The van der Waals surface area contributed by atoms with Crippen molar-refractivity contribution in [1.29, 1.82) is 0 Å². The molecule has 42 nitrogen and oxygen atoms in total. The van der Waals surface area contributed by atoms with Crippen LogP contribution in [-0.4, -0.2) is 247 Å². The number of benzene rings is 3. The number of nitrogens with two attached hydrogens (primary N) is 8. The number of aromatic nitrogens is 1. The Kier molecular flexibility index (Phi) is 57.5.